The van der Waals surface area contributed by atoms with Gasteiger partial charge < -0.3 is 4.74 Å². The molecule has 1 aromatic rings. The lowest BCUT2D eigenvalue weighted by molar-refractivity contribution is -0.130. The molecule has 25 heavy (non-hydrogen) atoms. The van der Waals surface area contributed by atoms with Gasteiger partial charge in [0.1, 0.15) is 5.75 Å². The van der Waals surface area contributed by atoms with Crippen molar-refractivity contribution in [1.82, 2.24) is 0 Å². The summed E-state index contributed by atoms with van der Waals surface area (Å²) >= 11 is 7.55. The SMILES string of the molecule is C=C(C(=O)Oc1ccccc1)C(C)CC(Br)CC(Br)CCCCCC. The molecule has 3 atom stereocenters. The molecule has 140 valence electrons. The highest BCUT2D eigenvalue weighted by molar-refractivity contribution is 9.10. The fourth-order valence-corrected chi connectivity index (χ4v) is 4.96. The molecule has 0 N–H and O–H groups in total. The van der Waals surface area contributed by atoms with E-state index >= 15 is 0 Å². The summed E-state index contributed by atoms with van der Waals surface area (Å²) in [5.41, 5.74) is 0.530. The number of para-hydroxylation sites is 1. The lowest BCUT2D eigenvalue weighted by Gasteiger charge is -2.19. The molecule has 0 aliphatic carbocycles. The molecule has 0 saturated heterocycles. The minimum Gasteiger partial charge on any atom is -0.423 e. The molecule has 0 radical (unpaired) electrons. The van der Waals surface area contributed by atoms with E-state index in [0.717, 1.165) is 12.8 Å². The highest BCUT2D eigenvalue weighted by atomic mass is 79.9. The number of carbonyl (C=O) groups is 1. The average molecular weight is 474 g/mol. The highest BCUT2D eigenvalue weighted by Gasteiger charge is 2.21. The van der Waals surface area contributed by atoms with Crippen LogP contribution in [0.15, 0.2) is 42.5 Å². The topological polar surface area (TPSA) is 26.3 Å². The number of halogens is 2. The molecular weight excluding hydrogens is 444 g/mol. The Bertz CT molecular complexity index is 516. The summed E-state index contributed by atoms with van der Waals surface area (Å²) in [6.07, 6.45) is 8.30. The van der Waals surface area contributed by atoms with Gasteiger partial charge in [0.2, 0.25) is 0 Å². The van der Waals surface area contributed by atoms with Gasteiger partial charge in [-0.3, -0.25) is 0 Å². The van der Waals surface area contributed by atoms with E-state index in [9.17, 15) is 4.79 Å². The minimum atomic E-state index is -0.339. The van der Waals surface area contributed by atoms with E-state index in [0.29, 0.717) is 21.0 Å². The first-order valence-electron chi connectivity index (χ1n) is 9.18. The minimum absolute atomic E-state index is 0.0837. The Morgan fingerprint density at radius 3 is 2.40 bits per heavy atom. The van der Waals surface area contributed by atoms with Crippen molar-refractivity contribution in [2.24, 2.45) is 5.92 Å². The third-order valence-electron chi connectivity index (χ3n) is 4.30. The zero-order valence-electron chi connectivity index (χ0n) is 15.3. The normalized spacial score (nSPS) is 14.6. The van der Waals surface area contributed by atoms with Crippen LogP contribution in [-0.2, 0) is 4.79 Å². The van der Waals surface area contributed by atoms with Gasteiger partial charge in [-0.1, -0.05) is 96.2 Å². The second-order valence-electron chi connectivity index (χ2n) is 6.64. The van der Waals surface area contributed by atoms with Crippen LogP contribution in [0.3, 0.4) is 0 Å². The first kappa shape index (κ1) is 22.4. The van der Waals surface area contributed by atoms with Crippen LogP contribution in [0.1, 0.15) is 58.8 Å². The predicted octanol–water partition coefficient (Wildman–Crippen LogP) is 7.06. The number of hydrogen-bond donors (Lipinski definition) is 0. The summed E-state index contributed by atoms with van der Waals surface area (Å²) in [6, 6.07) is 9.14. The number of esters is 1. The van der Waals surface area contributed by atoms with Crippen molar-refractivity contribution in [3.63, 3.8) is 0 Å². The lowest BCUT2D eigenvalue weighted by Crippen LogP contribution is -2.19. The van der Waals surface area contributed by atoms with Gasteiger partial charge in [-0.25, -0.2) is 4.79 Å². The second-order valence-corrected chi connectivity index (χ2v) is 9.23. The smallest absolute Gasteiger partial charge is 0.339 e. The van der Waals surface area contributed by atoms with E-state index in [2.05, 4.69) is 45.4 Å². The maximum Gasteiger partial charge on any atom is 0.339 e. The monoisotopic (exact) mass is 472 g/mol. The maximum absolute atomic E-state index is 12.2. The maximum atomic E-state index is 12.2. The molecular formula is C21H30Br2O2. The molecule has 0 aliphatic rings. The molecule has 0 fully saturated rings. The van der Waals surface area contributed by atoms with Crippen molar-refractivity contribution in [2.45, 2.75) is 68.4 Å². The van der Waals surface area contributed by atoms with Crippen LogP contribution in [0, 0.1) is 5.92 Å². The van der Waals surface area contributed by atoms with Crippen molar-refractivity contribution in [2.75, 3.05) is 0 Å². The van der Waals surface area contributed by atoms with Crippen LogP contribution < -0.4 is 4.74 Å². The first-order valence-corrected chi connectivity index (χ1v) is 11.0. The van der Waals surface area contributed by atoms with Gasteiger partial charge in [-0.05, 0) is 37.3 Å². The average Bonchev–Trinajstić information content (AvgIpc) is 2.58. The molecule has 0 amide bonds. The molecule has 0 saturated carbocycles. The molecule has 0 bridgehead atoms. The number of unbranched alkanes of at least 4 members (excludes halogenated alkanes) is 3. The van der Waals surface area contributed by atoms with Gasteiger partial charge in [0.05, 0.1) is 0 Å². The quantitative estimate of drug-likeness (QED) is 0.107. The molecule has 0 heterocycles. The van der Waals surface area contributed by atoms with Crippen molar-refractivity contribution in [3.05, 3.63) is 42.5 Å². The standard InChI is InChI=1S/C21H30Br2O2/c1-4-5-6-8-11-18(22)15-19(23)14-16(2)17(3)21(24)25-20-12-9-7-10-13-20/h7,9-10,12-13,16,18-19H,3-6,8,11,14-15H2,1-2H3. The number of hydrogen-bond acceptors (Lipinski definition) is 2. The largest absolute Gasteiger partial charge is 0.423 e. The summed E-state index contributed by atoms with van der Waals surface area (Å²) in [4.78, 5) is 13.1. The van der Waals surface area contributed by atoms with Crippen LogP contribution in [0.5, 0.6) is 5.75 Å². The zero-order chi connectivity index (χ0) is 18.7. The van der Waals surface area contributed by atoms with Crippen molar-refractivity contribution >= 4 is 37.8 Å². The fraction of sp³-hybridized carbons (Fsp3) is 0.571. The highest BCUT2D eigenvalue weighted by Crippen LogP contribution is 2.27. The van der Waals surface area contributed by atoms with Crippen molar-refractivity contribution < 1.29 is 9.53 Å². The summed E-state index contributed by atoms with van der Waals surface area (Å²) < 4.78 is 5.37. The van der Waals surface area contributed by atoms with Crippen LogP contribution in [0.4, 0.5) is 0 Å². The molecule has 1 rings (SSSR count). The lowest BCUT2D eigenvalue weighted by atomic mass is 9.95. The molecule has 0 aromatic heterocycles. The fourth-order valence-electron chi connectivity index (χ4n) is 2.67. The molecule has 3 unspecified atom stereocenters. The van der Waals surface area contributed by atoms with E-state index in [1.54, 1.807) is 12.1 Å². The van der Waals surface area contributed by atoms with Gasteiger partial charge in [0.15, 0.2) is 0 Å². The van der Waals surface area contributed by atoms with Crippen molar-refractivity contribution in [3.8, 4) is 5.75 Å². The molecule has 2 nitrogen and oxygen atoms in total. The van der Waals surface area contributed by atoms with E-state index in [-0.39, 0.29) is 11.9 Å². The van der Waals surface area contributed by atoms with Gasteiger partial charge in [0.25, 0.3) is 0 Å². The Balaban J connectivity index is 2.34. The Morgan fingerprint density at radius 1 is 1.08 bits per heavy atom. The van der Waals surface area contributed by atoms with Crippen LogP contribution in [0.2, 0.25) is 0 Å². The molecule has 4 heteroatoms. The predicted molar refractivity (Wildman–Crippen MR) is 114 cm³/mol. The number of carbonyl (C=O) groups excluding carboxylic acids is 1. The summed E-state index contributed by atoms with van der Waals surface area (Å²) in [5.74, 6) is 0.303. The zero-order valence-corrected chi connectivity index (χ0v) is 18.5. The number of alkyl halides is 2. The number of benzene rings is 1. The number of rotatable bonds is 12. The van der Waals surface area contributed by atoms with Gasteiger partial charge in [-0.2, -0.15) is 0 Å². The summed E-state index contributed by atoms with van der Waals surface area (Å²) in [6.45, 7) is 8.21. The Morgan fingerprint density at radius 2 is 1.76 bits per heavy atom. The Labute approximate surface area is 169 Å². The Kier molecular flexibility index (Phi) is 11.4. The van der Waals surface area contributed by atoms with Gasteiger partial charge in [0, 0.05) is 15.2 Å². The first-order chi connectivity index (χ1) is 11.9. The summed E-state index contributed by atoms with van der Waals surface area (Å²) in [7, 11) is 0. The van der Waals surface area contributed by atoms with Crippen LogP contribution >= 0.6 is 31.9 Å². The van der Waals surface area contributed by atoms with E-state index in [1.807, 2.05) is 25.1 Å². The van der Waals surface area contributed by atoms with Crippen LogP contribution in [-0.4, -0.2) is 15.6 Å². The van der Waals surface area contributed by atoms with Crippen LogP contribution in [0.25, 0.3) is 0 Å². The molecule has 1 aromatic carbocycles. The third kappa shape index (κ3) is 9.60. The second kappa shape index (κ2) is 12.7. The number of ether oxygens (including phenoxy) is 1. The third-order valence-corrected chi connectivity index (χ3v) is 5.88. The van der Waals surface area contributed by atoms with Gasteiger partial charge >= 0.3 is 5.97 Å². The summed E-state index contributed by atoms with van der Waals surface area (Å²) in [5, 5.41) is 0. The molecule has 0 spiro atoms. The van der Waals surface area contributed by atoms with E-state index in [4.69, 9.17) is 4.74 Å². The van der Waals surface area contributed by atoms with E-state index in [1.165, 1.54) is 32.1 Å². The Hall–Kier alpha value is -0.610. The van der Waals surface area contributed by atoms with Gasteiger partial charge in [-0.15, -0.1) is 0 Å². The molecule has 0 aliphatic heterocycles. The van der Waals surface area contributed by atoms with Crippen molar-refractivity contribution in [1.29, 1.82) is 0 Å². The van der Waals surface area contributed by atoms with E-state index < -0.39 is 0 Å².